The Morgan fingerprint density at radius 1 is 1.15 bits per heavy atom. The molecule has 0 bridgehead atoms. The molecule has 0 unspecified atom stereocenters. The van der Waals surface area contributed by atoms with Crippen LogP contribution in [0.5, 0.6) is 0 Å². The van der Waals surface area contributed by atoms with Crippen LogP contribution in [0.3, 0.4) is 0 Å². The summed E-state index contributed by atoms with van der Waals surface area (Å²) >= 11 is 0. The third-order valence-electron chi connectivity index (χ3n) is 4.13. The van der Waals surface area contributed by atoms with Crippen LogP contribution >= 0.6 is 0 Å². The number of hydrogen-bond acceptors (Lipinski definition) is 3. The molecule has 3 rings (SSSR count). The number of aryl methyl sites for hydroxylation is 1. The van der Waals surface area contributed by atoms with Crippen LogP contribution < -0.4 is 5.32 Å². The fourth-order valence-electron chi connectivity index (χ4n) is 2.82. The molecule has 0 amide bonds. The van der Waals surface area contributed by atoms with Gasteiger partial charge in [-0.3, -0.25) is 4.98 Å². The van der Waals surface area contributed by atoms with E-state index in [1.54, 1.807) is 0 Å². The van der Waals surface area contributed by atoms with E-state index in [9.17, 15) is 0 Å². The third kappa shape index (κ3) is 5.17. The molecule has 0 aliphatic rings. The van der Waals surface area contributed by atoms with Gasteiger partial charge in [-0.1, -0.05) is 36.4 Å². The zero-order valence-corrected chi connectivity index (χ0v) is 16.1. The first-order chi connectivity index (χ1) is 13.2. The minimum Gasteiger partial charge on any atom is -0.357 e. The van der Waals surface area contributed by atoms with Crippen molar-refractivity contribution in [3.05, 3.63) is 71.9 Å². The van der Waals surface area contributed by atoms with E-state index in [-0.39, 0.29) is 0 Å². The van der Waals surface area contributed by atoms with Crippen molar-refractivity contribution in [3.63, 3.8) is 0 Å². The lowest BCUT2D eigenvalue weighted by Crippen LogP contribution is -2.38. The van der Waals surface area contributed by atoms with Crippen LogP contribution in [0.25, 0.3) is 11.3 Å². The van der Waals surface area contributed by atoms with Gasteiger partial charge in [-0.15, -0.1) is 0 Å². The highest BCUT2D eigenvalue weighted by molar-refractivity contribution is 5.79. The third-order valence-corrected chi connectivity index (χ3v) is 4.13. The molecule has 6 nitrogen and oxygen atoms in total. The number of imidazole rings is 1. The van der Waals surface area contributed by atoms with Gasteiger partial charge >= 0.3 is 0 Å². The molecule has 27 heavy (non-hydrogen) atoms. The van der Waals surface area contributed by atoms with Crippen molar-refractivity contribution in [2.45, 2.75) is 26.9 Å². The fourth-order valence-corrected chi connectivity index (χ4v) is 2.82. The molecular weight excluding hydrogens is 336 g/mol. The van der Waals surface area contributed by atoms with E-state index in [2.05, 4.69) is 44.2 Å². The number of benzene rings is 1. The van der Waals surface area contributed by atoms with E-state index < -0.39 is 0 Å². The van der Waals surface area contributed by atoms with Crippen molar-refractivity contribution in [1.82, 2.24) is 25.2 Å². The van der Waals surface area contributed by atoms with Crippen LogP contribution in [0.1, 0.15) is 24.1 Å². The second-order valence-corrected chi connectivity index (χ2v) is 6.41. The Morgan fingerprint density at radius 2 is 1.96 bits per heavy atom. The highest BCUT2D eigenvalue weighted by Crippen LogP contribution is 2.16. The molecule has 6 heteroatoms. The van der Waals surface area contributed by atoms with Crippen molar-refractivity contribution in [1.29, 1.82) is 0 Å². The summed E-state index contributed by atoms with van der Waals surface area (Å²) in [6.07, 6.45) is 1.87. The molecule has 2 heterocycles. The maximum atomic E-state index is 4.71. The summed E-state index contributed by atoms with van der Waals surface area (Å²) in [5, 5.41) is 3.33. The molecule has 0 aliphatic heterocycles. The summed E-state index contributed by atoms with van der Waals surface area (Å²) < 4.78 is 0. The summed E-state index contributed by atoms with van der Waals surface area (Å²) in [7, 11) is 2.01. The van der Waals surface area contributed by atoms with E-state index in [1.807, 2.05) is 56.6 Å². The van der Waals surface area contributed by atoms with Gasteiger partial charge in [0, 0.05) is 19.3 Å². The number of aliphatic imine (C=N–C) groups is 1. The van der Waals surface area contributed by atoms with Crippen molar-refractivity contribution >= 4 is 5.96 Å². The summed E-state index contributed by atoms with van der Waals surface area (Å²) in [5.74, 6) is 1.73. The molecule has 0 saturated carbocycles. The molecule has 0 fully saturated rings. The van der Waals surface area contributed by atoms with Crippen molar-refractivity contribution < 1.29 is 0 Å². The minimum absolute atomic E-state index is 0.543. The number of guanidine groups is 1. The normalized spacial score (nSPS) is 11.4. The van der Waals surface area contributed by atoms with Gasteiger partial charge in [0.1, 0.15) is 5.82 Å². The van der Waals surface area contributed by atoms with E-state index >= 15 is 0 Å². The molecule has 1 aromatic carbocycles. The van der Waals surface area contributed by atoms with Crippen LogP contribution in [0.15, 0.2) is 59.7 Å². The Bertz CT molecular complexity index is 884. The van der Waals surface area contributed by atoms with Gasteiger partial charge in [0.05, 0.1) is 30.7 Å². The number of aromatic amines is 1. The lowest BCUT2D eigenvalue weighted by molar-refractivity contribution is 0.464. The first-order valence-electron chi connectivity index (χ1n) is 9.17. The number of H-pyrrole nitrogens is 1. The smallest absolute Gasteiger partial charge is 0.194 e. The number of nitrogens with zero attached hydrogens (tertiary/aromatic N) is 4. The Kier molecular flexibility index (Phi) is 6.20. The topological polar surface area (TPSA) is 69.2 Å². The molecule has 3 aromatic rings. The molecule has 0 aliphatic carbocycles. The molecule has 2 N–H and O–H groups in total. The molecule has 2 aromatic heterocycles. The number of aromatic nitrogens is 3. The largest absolute Gasteiger partial charge is 0.357 e. The van der Waals surface area contributed by atoms with Crippen LogP contribution in [-0.4, -0.2) is 39.4 Å². The second-order valence-electron chi connectivity index (χ2n) is 6.41. The summed E-state index contributed by atoms with van der Waals surface area (Å²) in [6.45, 7) is 6.04. The monoisotopic (exact) mass is 362 g/mol. The number of hydrogen-bond donors (Lipinski definition) is 2. The maximum absolute atomic E-state index is 4.71. The lowest BCUT2D eigenvalue weighted by atomic mass is 10.2. The SMILES string of the molecule is CCNC(=NCc1cccc(C)n1)N(C)Cc1ncc(-c2ccccc2)[nH]1. The van der Waals surface area contributed by atoms with Gasteiger partial charge in [0.15, 0.2) is 5.96 Å². The quantitative estimate of drug-likeness (QED) is 0.521. The molecule has 140 valence electrons. The van der Waals surface area contributed by atoms with Crippen LogP contribution in [0.4, 0.5) is 0 Å². The molecule has 0 spiro atoms. The zero-order valence-electron chi connectivity index (χ0n) is 16.1. The van der Waals surface area contributed by atoms with Gasteiger partial charge in [-0.25, -0.2) is 9.98 Å². The zero-order chi connectivity index (χ0) is 19.1. The van der Waals surface area contributed by atoms with E-state index in [4.69, 9.17) is 4.99 Å². The van der Waals surface area contributed by atoms with Crippen molar-refractivity contribution in [3.8, 4) is 11.3 Å². The molecule has 0 radical (unpaired) electrons. The predicted molar refractivity (Wildman–Crippen MR) is 109 cm³/mol. The van der Waals surface area contributed by atoms with Gasteiger partial charge in [0.25, 0.3) is 0 Å². The standard InChI is InChI=1S/C21H26N6/c1-4-22-21(24-13-18-12-8-9-16(2)25-18)27(3)15-20-23-14-19(26-20)17-10-6-5-7-11-17/h5-12,14H,4,13,15H2,1-3H3,(H,22,24)(H,23,26). The highest BCUT2D eigenvalue weighted by Gasteiger charge is 2.10. The van der Waals surface area contributed by atoms with Gasteiger partial charge < -0.3 is 15.2 Å². The minimum atomic E-state index is 0.543. The fraction of sp³-hybridized carbons (Fsp3) is 0.286. The first kappa shape index (κ1) is 18.6. The number of pyridine rings is 1. The average Bonchev–Trinajstić information content (AvgIpc) is 3.14. The van der Waals surface area contributed by atoms with Crippen molar-refractivity contribution in [2.24, 2.45) is 4.99 Å². The predicted octanol–water partition coefficient (Wildman–Crippen LogP) is 3.38. The Hall–Kier alpha value is -3.15. The number of rotatable bonds is 6. The Labute approximate surface area is 160 Å². The van der Waals surface area contributed by atoms with Gasteiger partial charge in [0.2, 0.25) is 0 Å². The molecular formula is C21H26N6. The highest BCUT2D eigenvalue weighted by atomic mass is 15.3. The van der Waals surface area contributed by atoms with Crippen molar-refractivity contribution in [2.75, 3.05) is 13.6 Å². The maximum Gasteiger partial charge on any atom is 0.194 e. The van der Waals surface area contributed by atoms with Crippen LogP contribution in [-0.2, 0) is 13.1 Å². The number of nitrogens with one attached hydrogen (secondary N) is 2. The average molecular weight is 362 g/mol. The Morgan fingerprint density at radius 3 is 2.70 bits per heavy atom. The van der Waals surface area contributed by atoms with Gasteiger partial charge in [-0.05, 0) is 31.5 Å². The second kappa shape index (κ2) is 8.98. The molecule has 0 saturated heterocycles. The summed E-state index contributed by atoms with van der Waals surface area (Å²) in [6, 6.07) is 16.2. The van der Waals surface area contributed by atoms with E-state index in [1.165, 1.54) is 0 Å². The first-order valence-corrected chi connectivity index (χ1v) is 9.17. The van der Waals surface area contributed by atoms with Crippen LogP contribution in [0, 0.1) is 6.92 Å². The van der Waals surface area contributed by atoms with E-state index in [0.29, 0.717) is 13.1 Å². The molecule has 0 atom stereocenters. The van der Waals surface area contributed by atoms with E-state index in [0.717, 1.165) is 41.0 Å². The summed E-state index contributed by atoms with van der Waals surface area (Å²) in [5.41, 5.74) is 4.11. The summed E-state index contributed by atoms with van der Waals surface area (Å²) in [4.78, 5) is 19.2. The van der Waals surface area contributed by atoms with Crippen LogP contribution in [0.2, 0.25) is 0 Å². The Balaban J connectivity index is 1.69. The van der Waals surface area contributed by atoms with Gasteiger partial charge in [-0.2, -0.15) is 0 Å². The lowest BCUT2D eigenvalue weighted by Gasteiger charge is -2.21.